The maximum Gasteiger partial charge on any atom is 0.326 e. The molecule has 0 aromatic rings. The second kappa shape index (κ2) is 8.00. The molecule has 1 aliphatic rings. The average molecular weight is 298 g/mol. The Morgan fingerprint density at radius 1 is 1.33 bits per heavy atom. The highest BCUT2D eigenvalue weighted by molar-refractivity contribution is 5.91. The Morgan fingerprint density at radius 2 is 1.95 bits per heavy atom. The zero-order chi connectivity index (χ0) is 16.0. The van der Waals surface area contributed by atoms with E-state index in [4.69, 9.17) is 5.11 Å². The Balaban J connectivity index is 2.64. The third-order valence-electron chi connectivity index (χ3n) is 4.10. The summed E-state index contributed by atoms with van der Waals surface area (Å²) < 4.78 is 0. The molecule has 6 heteroatoms. The van der Waals surface area contributed by atoms with Gasteiger partial charge in [-0.05, 0) is 19.3 Å². The van der Waals surface area contributed by atoms with Crippen molar-refractivity contribution in [1.82, 2.24) is 10.2 Å². The largest absolute Gasteiger partial charge is 0.480 e. The normalized spacial score (nSPS) is 19.9. The summed E-state index contributed by atoms with van der Waals surface area (Å²) in [5, 5.41) is 11.6. The van der Waals surface area contributed by atoms with E-state index < -0.39 is 17.9 Å². The van der Waals surface area contributed by atoms with Gasteiger partial charge >= 0.3 is 5.97 Å². The standard InChI is InChI=1S/C15H26N2O4/c1-4-7-12(15(20)21)16-14(19)10-8-13(18)17(9-10)11(5-2)6-3/h10-12H,4-9H2,1-3H3,(H,16,19)(H,20,21). The van der Waals surface area contributed by atoms with Gasteiger partial charge in [0.1, 0.15) is 6.04 Å². The van der Waals surface area contributed by atoms with E-state index in [1.165, 1.54) is 0 Å². The van der Waals surface area contributed by atoms with Gasteiger partial charge in [-0.2, -0.15) is 0 Å². The quantitative estimate of drug-likeness (QED) is 0.709. The Bertz CT molecular complexity index is 393. The van der Waals surface area contributed by atoms with Gasteiger partial charge in [-0.25, -0.2) is 4.79 Å². The highest BCUT2D eigenvalue weighted by Crippen LogP contribution is 2.23. The Kier molecular flexibility index (Phi) is 6.65. The molecule has 0 aromatic heterocycles. The molecule has 120 valence electrons. The second-order valence-electron chi connectivity index (χ2n) is 5.61. The number of amides is 2. The SMILES string of the molecule is CCCC(NC(=O)C1CC(=O)N(C(CC)CC)C1)C(=O)O. The monoisotopic (exact) mass is 298 g/mol. The van der Waals surface area contributed by atoms with Crippen LogP contribution in [-0.2, 0) is 14.4 Å². The lowest BCUT2D eigenvalue weighted by molar-refractivity contribution is -0.142. The van der Waals surface area contributed by atoms with Gasteiger partial charge in [0.25, 0.3) is 0 Å². The number of hydrogen-bond acceptors (Lipinski definition) is 3. The fourth-order valence-electron chi connectivity index (χ4n) is 2.83. The molecule has 1 fully saturated rings. The highest BCUT2D eigenvalue weighted by atomic mass is 16.4. The first-order valence-corrected chi connectivity index (χ1v) is 7.77. The summed E-state index contributed by atoms with van der Waals surface area (Å²) in [5.74, 6) is -1.79. The van der Waals surface area contributed by atoms with Crippen molar-refractivity contribution < 1.29 is 19.5 Å². The van der Waals surface area contributed by atoms with E-state index in [0.29, 0.717) is 19.4 Å². The number of carboxylic acids is 1. The van der Waals surface area contributed by atoms with Gasteiger partial charge in [-0.1, -0.05) is 27.2 Å². The molecule has 2 amide bonds. The molecular weight excluding hydrogens is 272 g/mol. The van der Waals surface area contributed by atoms with Gasteiger partial charge in [-0.15, -0.1) is 0 Å². The third-order valence-corrected chi connectivity index (χ3v) is 4.10. The molecule has 1 aliphatic heterocycles. The summed E-state index contributed by atoms with van der Waals surface area (Å²) in [6.45, 7) is 6.32. The number of aliphatic carboxylic acids is 1. The summed E-state index contributed by atoms with van der Waals surface area (Å²) in [4.78, 5) is 37.0. The van der Waals surface area contributed by atoms with Crippen LogP contribution in [0, 0.1) is 5.92 Å². The molecule has 2 unspecified atom stereocenters. The van der Waals surface area contributed by atoms with Gasteiger partial charge in [0.05, 0.1) is 5.92 Å². The second-order valence-corrected chi connectivity index (χ2v) is 5.61. The third kappa shape index (κ3) is 4.44. The fraction of sp³-hybridized carbons (Fsp3) is 0.800. The van der Waals surface area contributed by atoms with Gasteiger partial charge < -0.3 is 15.3 Å². The molecule has 2 N–H and O–H groups in total. The smallest absolute Gasteiger partial charge is 0.326 e. The number of carbonyl (C=O) groups is 3. The van der Waals surface area contributed by atoms with Crippen LogP contribution in [0.25, 0.3) is 0 Å². The van der Waals surface area contributed by atoms with Crippen LogP contribution in [0.1, 0.15) is 52.9 Å². The van der Waals surface area contributed by atoms with Crippen molar-refractivity contribution in [3.8, 4) is 0 Å². The number of carboxylic acid groups (broad SMARTS) is 1. The maximum absolute atomic E-state index is 12.2. The van der Waals surface area contributed by atoms with Crippen molar-refractivity contribution >= 4 is 17.8 Å². The predicted octanol–water partition coefficient (Wildman–Crippen LogP) is 1.39. The van der Waals surface area contributed by atoms with E-state index in [2.05, 4.69) is 5.32 Å². The van der Waals surface area contributed by atoms with Crippen LogP contribution < -0.4 is 5.32 Å². The number of hydrogen-bond donors (Lipinski definition) is 2. The van der Waals surface area contributed by atoms with Gasteiger partial charge in [-0.3, -0.25) is 9.59 Å². The first-order valence-electron chi connectivity index (χ1n) is 7.77. The Labute approximate surface area is 125 Å². The number of nitrogens with zero attached hydrogens (tertiary/aromatic N) is 1. The summed E-state index contributed by atoms with van der Waals surface area (Å²) in [5.41, 5.74) is 0. The van der Waals surface area contributed by atoms with Crippen LogP contribution in [-0.4, -0.2) is 46.4 Å². The molecule has 1 saturated heterocycles. The van der Waals surface area contributed by atoms with Gasteiger partial charge in [0.2, 0.25) is 11.8 Å². The van der Waals surface area contributed by atoms with E-state index in [-0.39, 0.29) is 24.3 Å². The average Bonchev–Trinajstić information content (AvgIpc) is 2.82. The number of rotatable bonds is 8. The van der Waals surface area contributed by atoms with E-state index in [1.54, 1.807) is 4.90 Å². The highest BCUT2D eigenvalue weighted by Gasteiger charge is 2.37. The molecule has 6 nitrogen and oxygen atoms in total. The Hall–Kier alpha value is -1.59. The van der Waals surface area contributed by atoms with Crippen molar-refractivity contribution in [2.24, 2.45) is 5.92 Å². The van der Waals surface area contributed by atoms with E-state index in [9.17, 15) is 14.4 Å². The lowest BCUT2D eigenvalue weighted by Gasteiger charge is -2.26. The molecule has 21 heavy (non-hydrogen) atoms. The molecule has 1 rings (SSSR count). The van der Waals surface area contributed by atoms with E-state index in [0.717, 1.165) is 12.8 Å². The fourth-order valence-corrected chi connectivity index (χ4v) is 2.83. The van der Waals surface area contributed by atoms with Crippen LogP contribution in [0.2, 0.25) is 0 Å². The van der Waals surface area contributed by atoms with Gasteiger partial charge in [0.15, 0.2) is 0 Å². The van der Waals surface area contributed by atoms with Crippen LogP contribution in [0.3, 0.4) is 0 Å². The minimum atomic E-state index is -1.02. The predicted molar refractivity (Wildman–Crippen MR) is 78.7 cm³/mol. The summed E-state index contributed by atoms with van der Waals surface area (Å²) >= 11 is 0. The van der Waals surface area contributed by atoms with E-state index >= 15 is 0 Å². The topological polar surface area (TPSA) is 86.7 Å². The maximum atomic E-state index is 12.2. The van der Waals surface area contributed by atoms with Crippen molar-refractivity contribution in [1.29, 1.82) is 0 Å². The van der Waals surface area contributed by atoms with Crippen molar-refractivity contribution in [3.63, 3.8) is 0 Å². The summed E-state index contributed by atoms with van der Waals surface area (Å²) in [7, 11) is 0. The number of nitrogens with one attached hydrogen (secondary N) is 1. The van der Waals surface area contributed by atoms with Crippen molar-refractivity contribution in [2.45, 2.75) is 65.0 Å². The summed E-state index contributed by atoms with van der Waals surface area (Å²) in [6.07, 6.45) is 2.99. The molecular formula is C15H26N2O4. The molecule has 0 saturated carbocycles. The van der Waals surface area contributed by atoms with Crippen molar-refractivity contribution in [3.05, 3.63) is 0 Å². The molecule has 2 atom stereocenters. The molecule has 1 heterocycles. The molecule has 0 spiro atoms. The molecule has 0 radical (unpaired) electrons. The molecule has 0 bridgehead atoms. The number of likely N-dealkylation sites (tertiary alicyclic amines) is 1. The van der Waals surface area contributed by atoms with Crippen LogP contribution in [0.5, 0.6) is 0 Å². The van der Waals surface area contributed by atoms with E-state index in [1.807, 2.05) is 20.8 Å². The van der Waals surface area contributed by atoms with Gasteiger partial charge in [0, 0.05) is 19.0 Å². The van der Waals surface area contributed by atoms with Crippen LogP contribution in [0.15, 0.2) is 0 Å². The zero-order valence-corrected chi connectivity index (χ0v) is 13.1. The van der Waals surface area contributed by atoms with Crippen molar-refractivity contribution in [2.75, 3.05) is 6.54 Å². The molecule has 0 aromatic carbocycles. The lowest BCUT2D eigenvalue weighted by atomic mass is 10.1. The first-order chi connectivity index (χ1) is 9.94. The van der Waals surface area contributed by atoms with Crippen LogP contribution >= 0.6 is 0 Å². The zero-order valence-electron chi connectivity index (χ0n) is 13.1. The number of carbonyl (C=O) groups excluding carboxylic acids is 2. The minimum absolute atomic E-state index is 0.00813. The van der Waals surface area contributed by atoms with Crippen LogP contribution in [0.4, 0.5) is 0 Å². The first kappa shape index (κ1) is 17.5. The Morgan fingerprint density at radius 3 is 2.43 bits per heavy atom. The minimum Gasteiger partial charge on any atom is -0.480 e. The lowest BCUT2D eigenvalue weighted by Crippen LogP contribution is -2.44. The summed E-state index contributed by atoms with van der Waals surface area (Å²) in [6, 6.07) is -0.694. The molecule has 0 aliphatic carbocycles.